The van der Waals surface area contributed by atoms with Crippen LogP contribution in [0.4, 0.5) is 0 Å². The quantitative estimate of drug-likeness (QED) is 0.843. The van der Waals surface area contributed by atoms with Crippen LogP contribution in [0.2, 0.25) is 0 Å². The highest BCUT2D eigenvalue weighted by molar-refractivity contribution is 7.89. The van der Waals surface area contributed by atoms with Crippen molar-refractivity contribution >= 4 is 15.9 Å². The average molecular weight is 336 g/mol. The van der Waals surface area contributed by atoms with Crippen molar-refractivity contribution in [1.82, 2.24) is 10.0 Å². The number of hydrogen-bond donors (Lipinski definition) is 2. The van der Waals surface area contributed by atoms with Gasteiger partial charge in [0.05, 0.1) is 23.7 Å². The number of benzene rings is 1. The second kappa shape index (κ2) is 6.97. The Labute approximate surface area is 135 Å². The Morgan fingerprint density at radius 2 is 1.96 bits per heavy atom. The van der Waals surface area contributed by atoms with E-state index < -0.39 is 22.0 Å². The first-order valence-corrected chi connectivity index (χ1v) is 8.67. The predicted molar refractivity (Wildman–Crippen MR) is 86.3 cm³/mol. The molecule has 23 heavy (non-hydrogen) atoms. The first-order valence-electron chi connectivity index (χ1n) is 7.19. The van der Waals surface area contributed by atoms with E-state index in [1.54, 1.807) is 24.3 Å². The number of rotatable bonds is 6. The third-order valence-corrected chi connectivity index (χ3v) is 5.07. The van der Waals surface area contributed by atoms with Crippen LogP contribution in [0.5, 0.6) is 0 Å². The first-order chi connectivity index (χ1) is 10.8. The normalized spacial score (nSPS) is 12.8. The molecule has 0 aliphatic heterocycles. The van der Waals surface area contributed by atoms with Gasteiger partial charge in [0.1, 0.15) is 5.76 Å². The molecule has 0 saturated carbocycles. The molecule has 0 radical (unpaired) electrons. The maximum absolute atomic E-state index is 12.3. The molecular formula is C16H20N2O4S. The molecule has 6 nitrogen and oxygen atoms in total. The third kappa shape index (κ3) is 4.43. The van der Waals surface area contributed by atoms with E-state index in [1.165, 1.54) is 19.3 Å². The van der Waals surface area contributed by atoms with E-state index in [0.717, 1.165) is 11.1 Å². The summed E-state index contributed by atoms with van der Waals surface area (Å²) in [7, 11) is -3.75. The Morgan fingerprint density at radius 1 is 1.22 bits per heavy atom. The molecule has 2 rings (SSSR count). The Hall–Kier alpha value is -2.12. The van der Waals surface area contributed by atoms with Gasteiger partial charge in [-0.25, -0.2) is 8.42 Å². The van der Waals surface area contributed by atoms with Crippen LogP contribution in [-0.4, -0.2) is 20.4 Å². The first kappa shape index (κ1) is 17.2. The minimum Gasteiger partial charge on any atom is -0.467 e. The number of nitrogens with one attached hydrogen (secondary N) is 2. The summed E-state index contributed by atoms with van der Waals surface area (Å²) in [4.78, 5) is 12.1. The molecule has 2 aromatic rings. The van der Waals surface area contributed by atoms with Gasteiger partial charge in [0.15, 0.2) is 0 Å². The molecule has 1 amide bonds. The van der Waals surface area contributed by atoms with E-state index in [9.17, 15) is 13.2 Å². The van der Waals surface area contributed by atoms with E-state index in [0.29, 0.717) is 5.76 Å². The fraction of sp³-hybridized carbons (Fsp3) is 0.312. The highest BCUT2D eigenvalue weighted by Gasteiger charge is 2.22. The molecule has 0 aliphatic carbocycles. The van der Waals surface area contributed by atoms with Crippen molar-refractivity contribution in [2.45, 2.75) is 38.3 Å². The Balaban J connectivity index is 2.01. The summed E-state index contributed by atoms with van der Waals surface area (Å²) in [5.74, 6) is 0.177. The Morgan fingerprint density at radius 3 is 2.57 bits per heavy atom. The standard InChI is InChI=1S/C16H20N2O4S/c1-11-6-7-15(9-12(11)2)23(20,21)18-13(3)16(19)17-10-14-5-4-8-22-14/h4-9,13,18H,10H2,1-3H3,(H,17,19)/t13-/m0/s1. The molecule has 2 N–H and O–H groups in total. The van der Waals surface area contributed by atoms with Gasteiger partial charge in [0.2, 0.25) is 15.9 Å². The summed E-state index contributed by atoms with van der Waals surface area (Å²) in [5, 5.41) is 2.62. The minimum atomic E-state index is -3.75. The number of hydrogen-bond acceptors (Lipinski definition) is 4. The lowest BCUT2D eigenvalue weighted by Gasteiger charge is -2.14. The van der Waals surface area contributed by atoms with Gasteiger partial charge in [-0.1, -0.05) is 6.07 Å². The van der Waals surface area contributed by atoms with E-state index >= 15 is 0 Å². The van der Waals surface area contributed by atoms with Crippen molar-refractivity contribution < 1.29 is 17.6 Å². The summed E-state index contributed by atoms with van der Waals surface area (Å²) in [5.41, 5.74) is 1.89. The third-order valence-electron chi connectivity index (χ3n) is 3.53. The summed E-state index contributed by atoms with van der Waals surface area (Å²) in [6.07, 6.45) is 1.51. The topological polar surface area (TPSA) is 88.4 Å². The molecule has 0 aliphatic rings. The lowest BCUT2D eigenvalue weighted by atomic mass is 10.1. The molecule has 0 saturated heterocycles. The van der Waals surface area contributed by atoms with Gasteiger partial charge in [0.25, 0.3) is 0 Å². The number of carbonyl (C=O) groups excluding carboxylic acids is 1. The van der Waals surface area contributed by atoms with Gasteiger partial charge < -0.3 is 9.73 Å². The zero-order valence-corrected chi connectivity index (χ0v) is 14.1. The lowest BCUT2D eigenvalue weighted by Crippen LogP contribution is -2.44. The molecule has 0 unspecified atom stereocenters. The molecule has 1 heterocycles. The van der Waals surface area contributed by atoms with Crippen LogP contribution in [0.15, 0.2) is 45.9 Å². The van der Waals surface area contributed by atoms with Gasteiger partial charge in [-0.15, -0.1) is 0 Å². The molecule has 1 aromatic carbocycles. The fourth-order valence-electron chi connectivity index (χ4n) is 1.98. The van der Waals surface area contributed by atoms with Crippen LogP contribution in [0.1, 0.15) is 23.8 Å². The molecule has 7 heteroatoms. The highest BCUT2D eigenvalue weighted by Crippen LogP contribution is 2.15. The minimum absolute atomic E-state index is 0.145. The number of furan rings is 1. The van der Waals surface area contributed by atoms with Crippen LogP contribution in [0, 0.1) is 13.8 Å². The van der Waals surface area contributed by atoms with Crippen LogP contribution < -0.4 is 10.0 Å². The van der Waals surface area contributed by atoms with Crippen LogP contribution in [0.25, 0.3) is 0 Å². The van der Waals surface area contributed by atoms with E-state index in [-0.39, 0.29) is 11.4 Å². The summed E-state index contributed by atoms with van der Waals surface area (Å²) in [6.45, 7) is 5.45. The maximum Gasteiger partial charge on any atom is 0.241 e. The van der Waals surface area contributed by atoms with Gasteiger partial charge >= 0.3 is 0 Å². The number of amides is 1. The maximum atomic E-state index is 12.3. The monoisotopic (exact) mass is 336 g/mol. The molecule has 0 fully saturated rings. The largest absolute Gasteiger partial charge is 0.467 e. The molecule has 124 valence electrons. The van der Waals surface area contributed by atoms with Crippen LogP contribution in [0.3, 0.4) is 0 Å². The fourth-order valence-corrected chi connectivity index (χ4v) is 3.26. The summed E-state index contributed by atoms with van der Waals surface area (Å²) < 4.78 is 32.2. The van der Waals surface area contributed by atoms with Crippen molar-refractivity contribution in [2.75, 3.05) is 0 Å². The summed E-state index contributed by atoms with van der Waals surface area (Å²) >= 11 is 0. The number of aryl methyl sites for hydroxylation is 2. The number of carbonyl (C=O) groups is 1. The van der Waals surface area contributed by atoms with Crippen molar-refractivity contribution in [3.63, 3.8) is 0 Å². The Kier molecular flexibility index (Phi) is 5.23. The van der Waals surface area contributed by atoms with Gasteiger partial charge in [-0.05, 0) is 56.2 Å². The zero-order valence-electron chi connectivity index (χ0n) is 13.3. The summed E-state index contributed by atoms with van der Waals surface area (Å²) in [6, 6.07) is 7.41. The molecular weight excluding hydrogens is 316 g/mol. The molecule has 1 aromatic heterocycles. The Bertz CT molecular complexity index is 782. The average Bonchev–Trinajstić information content (AvgIpc) is 3.00. The van der Waals surface area contributed by atoms with Gasteiger partial charge in [0, 0.05) is 0 Å². The lowest BCUT2D eigenvalue weighted by molar-refractivity contribution is -0.122. The van der Waals surface area contributed by atoms with Gasteiger partial charge in [-0.3, -0.25) is 4.79 Å². The van der Waals surface area contributed by atoms with E-state index in [2.05, 4.69) is 10.0 Å². The predicted octanol–water partition coefficient (Wildman–Crippen LogP) is 1.88. The van der Waals surface area contributed by atoms with Crippen LogP contribution >= 0.6 is 0 Å². The molecule has 1 atom stereocenters. The second-order valence-electron chi connectivity index (χ2n) is 5.39. The van der Waals surface area contributed by atoms with Crippen LogP contribution in [-0.2, 0) is 21.4 Å². The van der Waals surface area contributed by atoms with E-state index in [4.69, 9.17) is 4.42 Å². The molecule has 0 spiro atoms. The highest BCUT2D eigenvalue weighted by atomic mass is 32.2. The van der Waals surface area contributed by atoms with Gasteiger partial charge in [-0.2, -0.15) is 4.72 Å². The smallest absolute Gasteiger partial charge is 0.241 e. The SMILES string of the molecule is Cc1ccc(S(=O)(=O)N[C@@H](C)C(=O)NCc2ccco2)cc1C. The van der Waals surface area contributed by atoms with Crippen molar-refractivity contribution in [3.05, 3.63) is 53.5 Å². The number of sulfonamides is 1. The van der Waals surface area contributed by atoms with E-state index in [1.807, 2.05) is 13.8 Å². The van der Waals surface area contributed by atoms with Crippen molar-refractivity contribution in [3.8, 4) is 0 Å². The molecule has 0 bridgehead atoms. The van der Waals surface area contributed by atoms with Crippen molar-refractivity contribution in [1.29, 1.82) is 0 Å². The van der Waals surface area contributed by atoms with Crippen molar-refractivity contribution in [2.24, 2.45) is 0 Å². The second-order valence-corrected chi connectivity index (χ2v) is 7.10. The zero-order chi connectivity index (χ0) is 17.0.